The van der Waals surface area contributed by atoms with Crippen molar-refractivity contribution >= 4 is 29.2 Å². The smallest absolute Gasteiger partial charge is 0.228 e. The standard InChI is InChI=1S/C19H23ClN6O/c1-2-3-10-22-19(23-13-21)26-12-16(25-11-4-5-17(25)27)18(24-26)14-6-8-15(20)9-7-14/h6-9,16H,2-5,10-12H2,1H3,(H,22,23). The fraction of sp³-hybridized carbons (Fsp3) is 0.474. The summed E-state index contributed by atoms with van der Waals surface area (Å²) in [4.78, 5) is 18.7. The second-order valence-electron chi connectivity index (χ2n) is 6.58. The van der Waals surface area contributed by atoms with Crippen LogP contribution in [0.15, 0.2) is 34.4 Å². The highest BCUT2D eigenvalue weighted by Gasteiger charge is 2.38. The van der Waals surface area contributed by atoms with E-state index in [-0.39, 0.29) is 11.9 Å². The molecule has 142 valence electrons. The number of halogens is 1. The molecule has 0 spiro atoms. The zero-order chi connectivity index (χ0) is 19.2. The average Bonchev–Trinajstić information content (AvgIpc) is 3.28. The van der Waals surface area contributed by atoms with Crippen LogP contribution in [0.2, 0.25) is 5.02 Å². The number of hydrazone groups is 1. The predicted molar refractivity (Wildman–Crippen MR) is 105 cm³/mol. The minimum Gasteiger partial charge on any atom is -0.332 e. The van der Waals surface area contributed by atoms with Gasteiger partial charge in [-0.15, -0.1) is 0 Å². The normalized spacial score (nSPS) is 20.0. The van der Waals surface area contributed by atoms with Crippen molar-refractivity contribution in [3.05, 3.63) is 34.9 Å². The van der Waals surface area contributed by atoms with E-state index in [1.54, 1.807) is 5.01 Å². The molecule has 0 aromatic heterocycles. The van der Waals surface area contributed by atoms with E-state index < -0.39 is 0 Å². The zero-order valence-electron chi connectivity index (χ0n) is 15.4. The van der Waals surface area contributed by atoms with Crippen molar-refractivity contribution in [3.8, 4) is 6.19 Å². The van der Waals surface area contributed by atoms with E-state index >= 15 is 0 Å². The number of likely N-dealkylation sites (tertiary alicyclic amines) is 1. The SMILES string of the molecule is CCCCN=C(NC#N)N1CC(N2CCCC2=O)C(c2ccc(Cl)cc2)=N1. The summed E-state index contributed by atoms with van der Waals surface area (Å²) in [6.07, 6.45) is 5.32. The van der Waals surface area contributed by atoms with Gasteiger partial charge >= 0.3 is 0 Å². The number of hydrogen-bond acceptors (Lipinski definition) is 4. The highest BCUT2D eigenvalue weighted by molar-refractivity contribution is 6.30. The van der Waals surface area contributed by atoms with Crippen molar-refractivity contribution in [1.82, 2.24) is 15.2 Å². The number of aliphatic imine (C=N–C) groups is 1. The molecule has 1 aromatic carbocycles. The lowest BCUT2D eigenvalue weighted by Crippen LogP contribution is -2.45. The number of carbonyl (C=O) groups is 1. The number of nitriles is 1. The Morgan fingerprint density at radius 3 is 2.85 bits per heavy atom. The van der Waals surface area contributed by atoms with E-state index in [0.717, 1.165) is 37.1 Å². The summed E-state index contributed by atoms with van der Waals surface area (Å²) in [6, 6.07) is 7.27. The van der Waals surface area contributed by atoms with Gasteiger partial charge in [0.05, 0.1) is 18.3 Å². The summed E-state index contributed by atoms with van der Waals surface area (Å²) in [5.74, 6) is 0.563. The molecule has 2 heterocycles. The maximum absolute atomic E-state index is 12.3. The minimum atomic E-state index is -0.168. The van der Waals surface area contributed by atoms with Gasteiger partial charge in [0.15, 0.2) is 6.19 Å². The van der Waals surface area contributed by atoms with E-state index in [9.17, 15) is 4.79 Å². The Kier molecular flexibility index (Phi) is 6.30. The van der Waals surface area contributed by atoms with Gasteiger partial charge in [-0.05, 0) is 25.0 Å². The van der Waals surface area contributed by atoms with Crippen LogP contribution in [0, 0.1) is 11.5 Å². The summed E-state index contributed by atoms with van der Waals surface area (Å²) in [5.41, 5.74) is 1.71. The molecular weight excluding hydrogens is 364 g/mol. The molecule has 7 nitrogen and oxygen atoms in total. The summed E-state index contributed by atoms with van der Waals surface area (Å²) < 4.78 is 0. The molecule has 1 fully saturated rings. The first-order valence-corrected chi connectivity index (χ1v) is 9.62. The number of amides is 1. The van der Waals surface area contributed by atoms with Gasteiger partial charge in [-0.2, -0.15) is 10.4 Å². The molecule has 27 heavy (non-hydrogen) atoms. The van der Waals surface area contributed by atoms with E-state index in [0.29, 0.717) is 30.5 Å². The molecule has 0 bridgehead atoms. The molecule has 0 radical (unpaired) electrons. The van der Waals surface area contributed by atoms with Gasteiger partial charge in [-0.25, -0.2) is 5.01 Å². The largest absolute Gasteiger partial charge is 0.332 e. The third-order valence-corrected chi connectivity index (χ3v) is 4.95. The molecule has 1 saturated heterocycles. The van der Waals surface area contributed by atoms with E-state index in [1.165, 1.54) is 0 Å². The van der Waals surface area contributed by atoms with Crippen LogP contribution in [0.25, 0.3) is 0 Å². The number of nitrogens with zero attached hydrogens (tertiary/aromatic N) is 5. The van der Waals surface area contributed by atoms with Gasteiger partial charge in [0.25, 0.3) is 0 Å². The number of rotatable bonds is 5. The van der Waals surface area contributed by atoms with Crippen LogP contribution in [0.3, 0.4) is 0 Å². The molecule has 1 atom stereocenters. The fourth-order valence-corrected chi connectivity index (χ4v) is 3.44. The van der Waals surface area contributed by atoms with Crippen molar-refractivity contribution in [2.45, 2.75) is 38.6 Å². The summed E-state index contributed by atoms with van der Waals surface area (Å²) in [7, 11) is 0. The van der Waals surface area contributed by atoms with Gasteiger partial charge in [0.2, 0.25) is 11.9 Å². The van der Waals surface area contributed by atoms with Crippen LogP contribution >= 0.6 is 11.6 Å². The van der Waals surface area contributed by atoms with E-state index in [4.69, 9.17) is 22.0 Å². The Bertz CT molecular complexity index is 782. The highest BCUT2D eigenvalue weighted by Crippen LogP contribution is 2.24. The van der Waals surface area contributed by atoms with Crippen LogP contribution in [-0.2, 0) is 4.79 Å². The van der Waals surface area contributed by atoms with Crippen molar-refractivity contribution in [1.29, 1.82) is 5.26 Å². The summed E-state index contributed by atoms with van der Waals surface area (Å²) in [5, 5.41) is 18.8. The second-order valence-corrected chi connectivity index (χ2v) is 7.01. The van der Waals surface area contributed by atoms with Crippen LogP contribution in [-0.4, -0.2) is 53.2 Å². The molecule has 2 aliphatic rings. The number of benzene rings is 1. The number of carbonyl (C=O) groups excluding carboxylic acids is 1. The molecular formula is C19H23ClN6O. The molecule has 2 aliphatic heterocycles. The second kappa shape index (κ2) is 8.87. The quantitative estimate of drug-likeness (QED) is 0.277. The monoisotopic (exact) mass is 386 g/mol. The minimum absolute atomic E-state index is 0.140. The third kappa shape index (κ3) is 4.40. The van der Waals surface area contributed by atoms with Gasteiger partial charge in [-0.3, -0.25) is 15.1 Å². The predicted octanol–water partition coefficient (Wildman–Crippen LogP) is 2.58. The highest BCUT2D eigenvalue weighted by atomic mass is 35.5. The lowest BCUT2D eigenvalue weighted by molar-refractivity contribution is -0.128. The topological polar surface area (TPSA) is 84.1 Å². The van der Waals surface area contributed by atoms with Crippen LogP contribution in [0.5, 0.6) is 0 Å². The molecule has 0 saturated carbocycles. The zero-order valence-corrected chi connectivity index (χ0v) is 16.1. The Morgan fingerprint density at radius 1 is 1.44 bits per heavy atom. The molecule has 0 aliphatic carbocycles. The third-order valence-electron chi connectivity index (χ3n) is 4.70. The maximum Gasteiger partial charge on any atom is 0.228 e. The first kappa shape index (κ1) is 19.2. The van der Waals surface area contributed by atoms with Gasteiger partial charge in [0.1, 0.15) is 0 Å². The Labute approximate surface area is 164 Å². The van der Waals surface area contributed by atoms with Gasteiger partial charge in [0, 0.05) is 30.1 Å². The van der Waals surface area contributed by atoms with Crippen molar-refractivity contribution < 1.29 is 4.79 Å². The number of nitrogens with one attached hydrogen (secondary N) is 1. The van der Waals surface area contributed by atoms with Crippen molar-refractivity contribution in [3.63, 3.8) is 0 Å². The first-order valence-electron chi connectivity index (χ1n) is 9.25. The molecule has 1 aromatic rings. The maximum atomic E-state index is 12.3. The Morgan fingerprint density at radius 2 is 2.22 bits per heavy atom. The summed E-state index contributed by atoms with van der Waals surface area (Å²) in [6.45, 7) is 3.91. The fourth-order valence-electron chi connectivity index (χ4n) is 3.32. The van der Waals surface area contributed by atoms with E-state index in [1.807, 2.05) is 35.4 Å². The van der Waals surface area contributed by atoms with Crippen LogP contribution < -0.4 is 5.32 Å². The number of unbranched alkanes of at least 4 members (excludes halogenated alkanes) is 1. The average molecular weight is 387 g/mol. The van der Waals surface area contributed by atoms with Crippen molar-refractivity contribution in [2.75, 3.05) is 19.6 Å². The van der Waals surface area contributed by atoms with E-state index in [2.05, 4.69) is 17.2 Å². The Hall–Kier alpha value is -2.59. The number of hydrogen-bond donors (Lipinski definition) is 1. The van der Waals surface area contributed by atoms with Crippen molar-refractivity contribution in [2.24, 2.45) is 10.1 Å². The lowest BCUT2D eigenvalue weighted by atomic mass is 10.0. The lowest BCUT2D eigenvalue weighted by Gasteiger charge is -2.25. The Balaban J connectivity index is 1.92. The van der Waals surface area contributed by atoms with Crippen LogP contribution in [0.1, 0.15) is 38.2 Å². The molecule has 1 amide bonds. The number of guanidine groups is 1. The summed E-state index contributed by atoms with van der Waals surface area (Å²) >= 11 is 6.02. The molecule has 1 unspecified atom stereocenters. The molecule has 1 N–H and O–H groups in total. The van der Waals surface area contributed by atoms with Gasteiger partial charge < -0.3 is 4.90 Å². The first-order chi connectivity index (χ1) is 13.1. The molecule has 3 rings (SSSR count). The molecule has 8 heteroatoms. The van der Waals surface area contributed by atoms with Gasteiger partial charge in [-0.1, -0.05) is 37.1 Å². The van der Waals surface area contributed by atoms with Crippen LogP contribution in [0.4, 0.5) is 0 Å².